The molecule has 1 aromatic carbocycles. The van der Waals surface area contributed by atoms with Crippen LogP contribution in [-0.4, -0.2) is 57.8 Å². The first-order valence-corrected chi connectivity index (χ1v) is 10.5. The Labute approximate surface area is 176 Å². The quantitative estimate of drug-likeness (QED) is 0.786. The van der Waals surface area contributed by atoms with Gasteiger partial charge in [-0.2, -0.15) is 5.26 Å². The first-order valence-electron chi connectivity index (χ1n) is 10.5. The van der Waals surface area contributed by atoms with Crippen molar-refractivity contribution >= 4 is 11.8 Å². The number of benzene rings is 1. The van der Waals surface area contributed by atoms with Gasteiger partial charge in [0.1, 0.15) is 6.33 Å². The first kappa shape index (κ1) is 20.0. The zero-order chi connectivity index (χ0) is 20.9. The molecule has 0 atom stereocenters. The first-order chi connectivity index (χ1) is 14.7. The van der Waals surface area contributed by atoms with E-state index < -0.39 is 0 Å². The Morgan fingerprint density at radius 1 is 0.867 bits per heavy atom. The van der Waals surface area contributed by atoms with Crippen LogP contribution >= 0.6 is 0 Å². The Bertz CT molecular complexity index is 922. The van der Waals surface area contributed by atoms with Gasteiger partial charge in [-0.05, 0) is 43.4 Å². The summed E-state index contributed by atoms with van der Waals surface area (Å²) in [6.45, 7) is 2.54. The van der Waals surface area contributed by atoms with Gasteiger partial charge < -0.3 is 9.80 Å². The summed E-state index contributed by atoms with van der Waals surface area (Å²) in [6.07, 6.45) is 7.91. The maximum Gasteiger partial charge on any atom is 0.253 e. The summed E-state index contributed by atoms with van der Waals surface area (Å²) in [5.74, 6) is 0.252. The Balaban J connectivity index is 1.31. The molecule has 0 unspecified atom stereocenters. The van der Waals surface area contributed by atoms with Gasteiger partial charge in [-0.1, -0.05) is 12.1 Å². The summed E-state index contributed by atoms with van der Waals surface area (Å²) < 4.78 is 0. The molecule has 0 N–H and O–H groups in total. The second kappa shape index (κ2) is 9.04. The van der Waals surface area contributed by atoms with Gasteiger partial charge in [0.2, 0.25) is 5.91 Å². The summed E-state index contributed by atoms with van der Waals surface area (Å²) >= 11 is 0. The monoisotopic (exact) mass is 403 g/mol. The van der Waals surface area contributed by atoms with Crippen molar-refractivity contribution in [2.24, 2.45) is 11.8 Å². The highest BCUT2D eigenvalue weighted by molar-refractivity contribution is 5.95. The van der Waals surface area contributed by atoms with Gasteiger partial charge in [0.15, 0.2) is 0 Å². The van der Waals surface area contributed by atoms with E-state index in [0.29, 0.717) is 44.6 Å². The van der Waals surface area contributed by atoms with E-state index in [9.17, 15) is 9.59 Å². The number of hydrogen-bond acceptors (Lipinski definition) is 5. The lowest BCUT2D eigenvalue weighted by atomic mass is 9.92. The van der Waals surface area contributed by atoms with E-state index in [1.807, 2.05) is 34.1 Å². The van der Waals surface area contributed by atoms with Crippen LogP contribution in [0.15, 0.2) is 43.0 Å². The van der Waals surface area contributed by atoms with E-state index in [1.54, 1.807) is 12.4 Å². The number of likely N-dealkylation sites (tertiary alicyclic amines) is 2. The number of amides is 2. The molecule has 2 saturated heterocycles. The Kier molecular flexibility index (Phi) is 6.03. The van der Waals surface area contributed by atoms with Crippen LogP contribution in [0.5, 0.6) is 0 Å². The highest BCUT2D eigenvalue weighted by atomic mass is 16.2. The maximum atomic E-state index is 12.9. The smallest absolute Gasteiger partial charge is 0.253 e. The predicted molar refractivity (Wildman–Crippen MR) is 111 cm³/mol. The van der Waals surface area contributed by atoms with Gasteiger partial charge >= 0.3 is 0 Å². The summed E-state index contributed by atoms with van der Waals surface area (Å²) in [5, 5.41) is 9.02. The van der Waals surface area contributed by atoms with Gasteiger partial charge in [-0.25, -0.2) is 9.97 Å². The Morgan fingerprint density at radius 2 is 1.47 bits per heavy atom. The third kappa shape index (κ3) is 4.33. The molecular weight excluding hydrogens is 378 g/mol. The van der Waals surface area contributed by atoms with E-state index in [1.165, 1.54) is 6.33 Å². The second-order valence-corrected chi connectivity index (χ2v) is 8.00. The van der Waals surface area contributed by atoms with E-state index >= 15 is 0 Å². The SMILES string of the molecule is N#CC1CCN(C(=O)C2CCN(C(=O)c3ccc(-c4cncnc4)cc3)CC2)CC1. The molecule has 0 saturated carbocycles. The number of piperidine rings is 2. The van der Waals surface area contributed by atoms with Crippen LogP contribution in [0.4, 0.5) is 0 Å². The average molecular weight is 403 g/mol. The minimum absolute atomic E-state index is 0.00611. The third-order valence-electron chi connectivity index (χ3n) is 6.15. The Hall–Kier alpha value is -3.27. The second-order valence-electron chi connectivity index (χ2n) is 8.00. The van der Waals surface area contributed by atoms with Crippen LogP contribution in [0.3, 0.4) is 0 Å². The van der Waals surface area contributed by atoms with Crippen LogP contribution in [-0.2, 0) is 4.79 Å². The third-order valence-corrected chi connectivity index (χ3v) is 6.15. The average Bonchev–Trinajstić information content (AvgIpc) is 2.84. The molecule has 0 spiro atoms. The van der Waals surface area contributed by atoms with Crippen LogP contribution in [0.25, 0.3) is 11.1 Å². The van der Waals surface area contributed by atoms with Crippen molar-refractivity contribution in [2.75, 3.05) is 26.2 Å². The van der Waals surface area contributed by atoms with E-state index in [2.05, 4.69) is 16.0 Å². The summed E-state index contributed by atoms with van der Waals surface area (Å²) in [6, 6.07) is 9.79. The molecule has 154 valence electrons. The van der Waals surface area contributed by atoms with Crippen LogP contribution in [0.2, 0.25) is 0 Å². The molecule has 2 aliphatic heterocycles. The number of carbonyl (C=O) groups excluding carboxylic acids is 2. The zero-order valence-corrected chi connectivity index (χ0v) is 16.9. The molecule has 7 nitrogen and oxygen atoms in total. The lowest BCUT2D eigenvalue weighted by molar-refractivity contribution is -0.138. The number of rotatable bonds is 3. The number of nitrogens with zero attached hydrogens (tertiary/aromatic N) is 5. The van der Waals surface area contributed by atoms with Crippen LogP contribution in [0, 0.1) is 23.2 Å². The van der Waals surface area contributed by atoms with Gasteiger partial charge in [-0.3, -0.25) is 9.59 Å². The standard InChI is InChI=1S/C23H25N5O2/c24-13-17-5-9-27(10-6-17)23(30)20-7-11-28(12-8-20)22(29)19-3-1-18(2-4-19)21-14-25-16-26-15-21/h1-4,14-17,20H,5-12H2. The molecule has 3 heterocycles. The van der Waals surface area contributed by atoms with Crippen molar-refractivity contribution < 1.29 is 9.59 Å². The summed E-state index contributed by atoms with van der Waals surface area (Å²) in [5.41, 5.74) is 2.53. The molecular formula is C23H25N5O2. The normalized spacial score (nSPS) is 18.1. The Morgan fingerprint density at radius 3 is 2.07 bits per heavy atom. The van der Waals surface area contributed by atoms with Crippen molar-refractivity contribution in [3.05, 3.63) is 48.5 Å². The molecule has 2 amide bonds. The minimum atomic E-state index is -0.0202. The zero-order valence-electron chi connectivity index (χ0n) is 16.9. The van der Waals surface area contributed by atoms with Crippen molar-refractivity contribution in [1.29, 1.82) is 5.26 Å². The molecule has 2 aromatic rings. The summed E-state index contributed by atoms with van der Waals surface area (Å²) in [4.78, 5) is 37.5. The molecule has 0 radical (unpaired) electrons. The van der Waals surface area contributed by atoms with E-state index in [4.69, 9.17) is 5.26 Å². The molecule has 0 aliphatic carbocycles. The molecule has 4 rings (SSSR count). The molecule has 2 aliphatic rings. The summed E-state index contributed by atoms with van der Waals surface area (Å²) in [7, 11) is 0. The van der Waals surface area contributed by atoms with E-state index in [-0.39, 0.29) is 23.7 Å². The number of aromatic nitrogens is 2. The highest BCUT2D eigenvalue weighted by Gasteiger charge is 2.32. The lowest BCUT2D eigenvalue weighted by Gasteiger charge is -2.36. The van der Waals surface area contributed by atoms with Crippen LogP contribution < -0.4 is 0 Å². The fourth-order valence-corrected chi connectivity index (χ4v) is 4.25. The molecule has 30 heavy (non-hydrogen) atoms. The van der Waals surface area contributed by atoms with Crippen molar-refractivity contribution in [1.82, 2.24) is 19.8 Å². The number of hydrogen-bond donors (Lipinski definition) is 0. The fraction of sp³-hybridized carbons (Fsp3) is 0.435. The molecule has 2 fully saturated rings. The van der Waals surface area contributed by atoms with Gasteiger partial charge in [-0.15, -0.1) is 0 Å². The van der Waals surface area contributed by atoms with Crippen LogP contribution in [0.1, 0.15) is 36.0 Å². The van der Waals surface area contributed by atoms with E-state index in [0.717, 1.165) is 24.0 Å². The predicted octanol–water partition coefficient (Wildman–Crippen LogP) is 2.76. The molecule has 7 heteroatoms. The van der Waals surface area contributed by atoms with Crippen molar-refractivity contribution in [3.63, 3.8) is 0 Å². The van der Waals surface area contributed by atoms with Gasteiger partial charge in [0.25, 0.3) is 5.91 Å². The maximum absolute atomic E-state index is 12.9. The fourth-order valence-electron chi connectivity index (χ4n) is 4.25. The lowest BCUT2D eigenvalue weighted by Crippen LogP contribution is -2.46. The largest absolute Gasteiger partial charge is 0.342 e. The number of nitriles is 1. The highest BCUT2D eigenvalue weighted by Crippen LogP contribution is 2.25. The topological polar surface area (TPSA) is 90.2 Å². The van der Waals surface area contributed by atoms with Crippen molar-refractivity contribution in [3.8, 4) is 17.2 Å². The van der Waals surface area contributed by atoms with Gasteiger partial charge in [0, 0.05) is 61.5 Å². The van der Waals surface area contributed by atoms with Crippen molar-refractivity contribution in [2.45, 2.75) is 25.7 Å². The molecule has 1 aromatic heterocycles. The minimum Gasteiger partial charge on any atom is -0.342 e. The number of carbonyl (C=O) groups is 2. The van der Waals surface area contributed by atoms with Gasteiger partial charge in [0.05, 0.1) is 6.07 Å². The molecule has 0 bridgehead atoms.